The van der Waals surface area contributed by atoms with E-state index >= 15 is 0 Å². The Morgan fingerprint density at radius 2 is 2.10 bits per heavy atom. The smallest absolute Gasteiger partial charge is 0.253 e. The number of halogens is 1. The highest BCUT2D eigenvalue weighted by molar-refractivity contribution is 6.31. The Hall–Kier alpha value is -1.30. The molecule has 1 aromatic rings. The standard InChI is InChI=1S/C14H21ClN2O3/c1-19-8-9-20-7-3-2-6-17-14(18)12-10-11(15)4-5-13(12)16/h4-5,10H,2-3,6-9,16H2,1H3,(H,17,18). The van der Waals surface area contributed by atoms with Gasteiger partial charge >= 0.3 is 0 Å². The maximum Gasteiger partial charge on any atom is 0.253 e. The van der Waals surface area contributed by atoms with Crippen molar-refractivity contribution >= 4 is 23.2 Å². The average molecular weight is 301 g/mol. The summed E-state index contributed by atoms with van der Waals surface area (Å²) < 4.78 is 10.2. The minimum absolute atomic E-state index is 0.203. The van der Waals surface area contributed by atoms with Gasteiger partial charge in [0.25, 0.3) is 5.91 Å². The third-order valence-corrected chi connectivity index (χ3v) is 2.93. The van der Waals surface area contributed by atoms with Gasteiger partial charge in [0.05, 0.1) is 18.8 Å². The van der Waals surface area contributed by atoms with E-state index in [2.05, 4.69) is 5.32 Å². The van der Waals surface area contributed by atoms with Crippen LogP contribution in [0.1, 0.15) is 23.2 Å². The number of hydrogen-bond donors (Lipinski definition) is 2. The van der Waals surface area contributed by atoms with Crippen molar-refractivity contribution in [2.24, 2.45) is 0 Å². The Morgan fingerprint density at radius 3 is 2.85 bits per heavy atom. The monoisotopic (exact) mass is 300 g/mol. The van der Waals surface area contributed by atoms with E-state index in [9.17, 15) is 4.79 Å². The molecule has 3 N–H and O–H groups in total. The number of nitrogens with one attached hydrogen (secondary N) is 1. The molecule has 112 valence electrons. The number of unbranched alkanes of at least 4 members (excludes halogenated alkanes) is 1. The molecule has 0 aliphatic heterocycles. The van der Waals surface area contributed by atoms with Crippen LogP contribution in [0.25, 0.3) is 0 Å². The van der Waals surface area contributed by atoms with E-state index in [4.69, 9.17) is 26.8 Å². The van der Waals surface area contributed by atoms with Crippen LogP contribution in [0.15, 0.2) is 18.2 Å². The van der Waals surface area contributed by atoms with Crippen LogP contribution in [-0.2, 0) is 9.47 Å². The number of anilines is 1. The van der Waals surface area contributed by atoms with Crippen LogP contribution >= 0.6 is 11.6 Å². The average Bonchev–Trinajstić information content (AvgIpc) is 2.44. The molecule has 0 bridgehead atoms. The van der Waals surface area contributed by atoms with Crippen LogP contribution in [-0.4, -0.2) is 39.4 Å². The van der Waals surface area contributed by atoms with Crippen LogP contribution in [0.3, 0.4) is 0 Å². The van der Waals surface area contributed by atoms with Gasteiger partial charge in [-0.05, 0) is 31.0 Å². The first-order valence-corrected chi connectivity index (χ1v) is 6.93. The van der Waals surface area contributed by atoms with E-state index in [1.165, 1.54) is 0 Å². The fourth-order valence-corrected chi connectivity index (χ4v) is 1.77. The topological polar surface area (TPSA) is 73.6 Å². The summed E-state index contributed by atoms with van der Waals surface area (Å²) >= 11 is 5.84. The molecule has 0 atom stereocenters. The predicted octanol–water partition coefficient (Wildman–Crippen LogP) is 2.10. The number of rotatable bonds is 9. The number of benzene rings is 1. The SMILES string of the molecule is COCCOCCCCNC(=O)c1cc(Cl)ccc1N. The fourth-order valence-electron chi connectivity index (χ4n) is 1.60. The maximum atomic E-state index is 11.9. The molecule has 1 aromatic carbocycles. The van der Waals surface area contributed by atoms with Crippen molar-refractivity contribution < 1.29 is 14.3 Å². The predicted molar refractivity (Wildman–Crippen MR) is 80.1 cm³/mol. The number of carbonyl (C=O) groups is 1. The van der Waals surface area contributed by atoms with E-state index < -0.39 is 0 Å². The van der Waals surface area contributed by atoms with E-state index in [1.54, 1.807) is 25.3 Å². The zero-order chi connectivity index (χ0) is 14.8. The summed E-state index contributed by atoms with van der Waals surface area (Å²) in [6, 6.07) is 4.85. The van der Waals surface area contributed by atoms with Gasteiger partial charge in [-0.25, -0.2) is 0 Å². The van der Waals surface area contributed by atoms with Gasteiger partial charge in [-0.2, -0.15) is 0 Å². The highest BCUT2D eigenvalue weighted by atomic mass is 35.5. The number of methoxy groups -OCH3 is 1. The zero-order valence-electron chi connectivity index (χ0n) is 11.7. The van der Waals surface area contributed by atoms with Crippen LogP contribution in [0, 0.1) is 0 Å². The normalized spacial score (nSPS) is 10.5. The van der Waals surface area contributed by atoms with E-state index in [0.717, 1.165) is 12.8 Å². The van der Waals surface area contributed by atoms with Crippen molar-refractivity contribution in [2.45, 2.75) is 12.8 Å². The Balaban J connectivity index is 2.18. The van der Waals surface area contributed by atoms with Crippen LogP contribution < -0.4 is 11.1 Å². The molecule has 0 fully saturated rings. The van der Waals surface area contributed by atoms with E-state index in [0.29, 0.717) is 42.6 Å². The molecule has 6 heteroatoms. The lowest BCUT2D eigenvalue weighted by Gasteiger charge is -2.08. The number of nitrogen functional groups attached to an aromatic ring is 1. The molecule has 0 saturated heterocycles. The van der Waals surface area contributed by atoms with E-state index in [-0.39, 0.29) is 5.91 Å². The van der Waals surface area contributed by atoms with Crippen molar-refractivity contribution in [2.75, 3.05) is 39.2 Å². The van der Waals surface area contributed by atoms with Gasteiger partial charge in [-0.3, -0.25) is 4.79 Å². The highest BCUT2D eigenvalue weighted by Gasteiger charge is 2.09. The number of nitrogens with two attached hydrogens (primary N) is 1. The largest absolute Gasteiger partial charge is 0.398 e. The number of carbonyl (C=O) groups excluding carboxylic acids is 1. The van der Waals surface area contributed by atoms with Crippen molar-refractivity contribution in [3.05, 3.63) is 28.8 Å². The van der Waals surface area contributed by atoms with Gasteiger partial charge in [-0.1, -0.05) is 11.6 Å². The Bertz CT molecular complexity index is 427. The molecule has 0 aliphatic carbocycles. The molecule has 5 nitrogen and oxygen atoms in total. The molecule has 1 rings (SSSR count). The fraction of sp³-hybridized carbons (Fsp3) is 0.500. The summed E-state index contributed by atoms with van der Waals surface area (Å²) in [5.41, 5.74) is 6.57. The van der Waals surface area contributed by atoms with Crippen molar-refractivity contribution in [3.63, 3.8) is 0 Å². The maximum absolute atomic E-state index is 11.9. The van der Waals surface area contributed by atoms with Gasteiger partial charge in [0.15, 0.2) is 0 Å². The molecule has 0 aromatic heterocycles. The van der Waals surface area contributed by atoms with Gasteiger partial charge in [0.1, 0.15) is 0 Å². The van der Waals surface area contributed by atoms with Crippen LogP contribution in [0.5, 0.6) is 0 Å². The first kappa shape index (κ1) is 16.8. The molecular formula is C14H21ClN2O3. The lowest BCUT2D eigenvalue weighted by molar-refractivity contribution is 0.0686. The third kappa shape index (κ3) is 6.23. The van der Waals surface area contributed by atoms with Crippen LogP contribution in [0.2, 0.25) is 5.02 Å². The number of ether oxygens (including phenoxy) is 2. The molecule has 0 unspecified atom stereocenters. The Kier molecular flexibility index (Phi) is 8.02. The lowest BCUT2D eigenvalue weighted by atomic mass is 10.1. The summed E-state index contributed by atoms with van der Waals surface area (Å²) in [6.45, 7) is 2.45. The molecular weight excluding hydrogens is 280 g/mol. The quantitative estimate of drug-likeness (QED) is 0.541. The molecule has 0 radical (unpaired) electrons. The first-order chi connectivity index (χ1) is 9.65. The van der Waals surface area contributed by atoms with E-state index in [1.807, 2.05) is 0 Å². The second-order valence-corrected chi connectivity index (χ2v) is 4.74. The highest BCUT2D eigenvalue weighted by Crippen LogP contribution is 2.17. The molecule has 0 spiro atoms. The summed E-state index contributed by atoms with van der Waals surface area (Å²) in [6.07, 6.45) is 1.73. The minimum atomic E-state index is -0.203. The number of amides is 1. The van der Waals surface area contributed by atoms with Gasteiger partial charge < -0.3 is 20.5 Å². The van der Waals surface area contributed by atoms with Crippen molar-refractivity contribution in [1.82, 2.24) is 5.32 Å². The molecule has 0 heterocycles. The van der Waals surface area contributed by atoms with Crippen molar-refractivity contribution in [3.8, 4) is 0 Å². The molecule has 1 amide bonds. The Morgan fingerprint density at radius 1 is 1.30 bits per heavy atom. The third-order valence-electron chi connectivity index (χ3n) is 2.69. The van der Waals surface area contributed by atoms with Gasteiger partial charge in [0.2, 0.25) is 0 Å². The summed E-state index contributed by atoms with van der Waals surface area (Å²) in [5.74, 6) is -0.203. The van der Waals surface area contributed by atoms with Crippen molar-refractivity contribution in [1.29, 1.82) is 0 Å². The summed E-state index contributed by atoms with van der Waals surface area (Å²) in [4.78, 5) is 11.9. The molecule has 20 heavy (non-hydrogen) atoms. The van der Waals surface area contributed by atoms with Crippen LogP contribution in [0.4, 0.5) is 5.69 Å². The Labute approximate surface area is 124 Å². The minimum Gasteiger partial charge on any atom is -0.398 e. The number of hydrogen-bond acceptors (Lipinski definition) is 4. The second kappa shape index (κ2) is 9.58. The zero-order valence-corrected chi connectivity index (χ0v) is 12.4. The lowest BCUT2D eigenvalue weighted by Crippen LogP contribution is -2.25. The summed E-state index contributed by atoms with van der Waals surface area (Å²) in [5, 5.41) is 3.31. The first-order valence-electron chi connectivity index (χ1n) is 6.55. The summed E-state index contributed by atoms with van der Waals surface area (Å²) in [7, 11) is 1.64. The second-order valence-electron chi connectivity index (χ2n) is 4.30. The van der Waals surface area contributed by atoms with Gasteiger partial charge in [0, 0.05) is 31.0 Å². The molecule has 0 aliphatic rings. The molecule has 0 saturated carbocycles. The van der Waals surface area contributed by atoms with Gasteiger partial charge in [-0.15, -0.1) is 0 Å².